The highest BCUT2D eigenvalue weighted by Gasteiger charge is 2.48. The number of anilines is 1. The first-order valence-corrected chi connectivity index (χ1v) is 7.33. The third-order valence-electron chi connectivity index (χ3n) is 3.39. The number of primary amides is 1. The van der Waals surface area contributed by atoms with Gasteiger partial charge >= 0.3 is 0 Å². The highest BCUT2D eigenvalue weighted by molar-refractivity contribution is 7.89. The molecule has 5 N–H and O–H groups in total. The minimum atomic E-state index is -3.67. The van der Waals surface area contributed by atoms with Crippen LogP contribution in [0.15, 0.2) is 23.1 Å². The molecule has 1 saturated carbocycles. The Kier molecular flexibility index (Phi) is 3.06. The van der Waals surface area contributed by atoms with Crippen molar-refractivity contribution in [3.63, 3.8) is 0 Å². The van der Waals surface area contributed by atoms with Gasteiger partial charge in [0, 0.05) is 11.6 Å². The van der Waals surface area contributed by atoms with E-state index >= 15 is 0 Å². The second-order valence-electron chi connectivity index (χ2n) is 5.48. The van der Waals surface area contributed by atoms with Gasteiger partial charge in [0.2, 0.25) is 15.9 Å². The van der Waals surface area contributed by atoms with Crippen molar-refractivity contribution in [1.82, 2.24) is 4.72 Å². The van der Waals surface area contributed by atoms with Gasteiger partial charge in [-0.1, -0.05) is 13.8 Å². The molecular formula is C12H17N3O3S. The van der Waals surface area contributed by atoms with Gasteiger partial charge in [0.1, 0.15) is 4.90 Å². The van der Waals surface area contributed by atoms with Gasteiger partial charge in [-0.3, -0.25) is 4.79 Å². The predicted molar refractivity (Wildman–Crippen MR) is 71.9 cm³/mol. The number of nitrogen functional groups attached to an aromatic ring is 1. The number of carbonyl (C=O) groups excluding carboxylic acids is 1. The third kappa shape index (κ3) is 2.71. The molecule has 0 saturated heterocycles. The highest BCUT2D eigenvalue weighted by atomic mass is 32.2. The SMILES string of the molecule is CC1(C)CC1NS(=O)(=O)c1ccc(C(N)=O)cc1N. The Labute approximate surface area is 112 Å². The van der Waals surface area contributed by atoms with Crippen LogP contribution in [0, 0.1) is 5.41 Å². The summed E-state index contributed by atoms with van der Waals surface area (Å²) in [6.07, 6.45) is 0.797. The molecule has 6 nitrogen and oxygen atoms in total. The number of nitrogens with two attached hydrogens (primary N) is 2. The first kappa shape index (κ1) is 13.8. The van der Waals surface area contributed by atoms with Gasteiger partial charge in [0.15, 0.2) is 0 Å². The molecular weight excluding hydrogens is 266 g/mol. The maximum absolute atomic E-state index is 12.2. The van der Waals surface area contributed by atoms with E-state index in [4.69, 9.17) is 11.5 Å². The quantitative estimate of drug-likeness (QED) is 0.695. The van der Waals surface area contributed by atoms with Crippen molar-refractivity contribution in [2.75, 3.05) is 5.73 Å². The predicted octanol–water partition coefficient (Wildman–Crippen LogP) is 0.444. The lowest BCUT2D eigenvalue weighted by molar-refractivity contribution is 0.1000. The fourth-order valence-corrected chi connectivity index (χ4v) is 3.39. The summed E-state index contributed by atoms with van der Waals surface area (Å²) < 4.78 is 26.9. The molecule has 1 aromatic rings. The summed E-state index contributed by atoms with van der Waals surface area (Å²) in [6, 6.07) is 3.85. The summed E-state index contributed by atoms with van der Waals surface area (Å²) >= 11 is 0. The minimum absolute atomic E-state index is 0.0160. The van der Waals surface area contributed by atoms with Crippen molar-refractivity contribution >= 4 is 21.6 Å². The molecule has 2 rings (SSSR count). The summed E-state index contributed by atoms with van der Waals surface area (Å²) in [5, 5.41) is 0. The zero-order valence-electron chi connectivity index (χ0n) is 10.8. The Morgan fingerprint density at radius 3 is 2.42 bits per heavy atom. The molecule has 1 atom stereocenters. The van der Waals surface area contributed by atoms with Gasteiger partial charge in [0.05, 0.1) is 5.69 Å². The number of sulfonamides is 1. The summed E-state index contributed by atoms with van der Waals surface area (Å²) in [5.41, 5.74) is 11.0. The Hall–Kier alpha value is -1.60. The largest absolute Gasteiger partial charge is 0.398 e. The number of benzene rings is 1. The van der Waals surface area contributed by atoms with E-state index in [2.05, 4.69) is 4.72 Å². The van der Waals surface area contributed by atoms with Crippen molar-refractivity contribution in [2.24, 2.45) is 11.1 Å². The van der Waals surface area contributed by atoms with E-state index in [1.807, 2.05) is 13.8 Å². The molecule has 1 aliphatic rings. The van der Waals surface area contributed by atoms with E-state index in [1.165, 1.54) is 18.2 Å². The molecule has 0 spiro atoms. The first-order valence-electron chi connectivity index (χ1n) is 5.85. The lowest BCUT2D eigenvalue weighted by Gasteiger charge is -2.11. The summed E-state index contributed by atoms with van der Waals surface area (Å²) in [7, 11) is -3.67. The van der Waals surface area contributed by atoms with Crippen LogP contribution in [0.1, 0.15) is 30.6 Å². The van der Waals surface area contributed by atoms with Crippen molar-refractivity contribution in [1.29, 1.82) is 0 Å². The zero-order chi connectivity index (χ0) is 14.4. The Bertz CT molecular complexity index is 638. The van der Waals surface area contributed by atoms with E-state index in [-0.39, 0.29) is 27.6 Å². The van der Waals surface area contributed by atoms with Crippen LogP contribution in [0.25, 0.3) is 0 Å². The first-order chi connectivity index (χ1) is 8.63. The standard InChI is InChI=1S/C12H17N3O3S/c1-12(2)6-10(12)15-19(17,18)9-4-3-7(11(14)16)5-8(9)13/h3-5,10,15H,6,13H2,1-2H3,(H2,14,16). The molecule has 19 heavy (non-hydrogen) atoms. The molecule has 0 heterocycles. The van der Waals surface area contributed by atoms with Crippen LogP contribution < -0.4 is 16.2 Å². The second kappa shape index (κ2) is 4.21. The van der Waals surface area contributed by atoms with Crippen molar-refractivity contribution in [3.8, 4) is 0 Å². The van der Waals surface area contributed by atoms with Crippen molar-refractivity contribution < 1.29 is 13.2 Å². The molecule has 1 aromatic carbocycles. The highest BCUT2D eigenvalue weighted by Crippen LogP contribution is 2.45. The number of hydrogen-bond donors (Lipinski definition) is 3. The van der Waals surface area contributed by atoms with E-state index in [0.29, 0.717) is 0 Å². The van der Waals surface area contributed by atoms with Crippen LogP contribution in [0.5, 0.6) is 0 Å². The summed E-state index contributed by atoms with van der Waals surface area (Å²) in [4.78, 5) is 11.0. The van der Waals surface area contributed by atoms with Crippen molar-refractivity contribution in [3.05, 3.63) is 23.8 Å². The van der Waals surface area contributed by atoms with Crippen LogP contribution >= 0.6 is 0 Å². The fourth-order valence-electron chi connectivity index (χ4n) is 1.87. The molecule has 1 aliphatic carbocycles. The smallest absolute Gasteiger partial charge is 0.248 e. The number of amides is 1. The van der Waals surface area contributed by atoms with Gasteiger partial charge < -0.3 is 11.5 Å². The van der Waals surface area contributed by atoms with E-state index in [0.717, 1.165) is 6.42 Å². The van der Waals surface area contributed by atoms with Gasteiger partial charge in [-0.25, -0.2) is 13.1 Å². The third-order valence-corrected chi connectivity index (χ3v) is 4.94. The van der Waals surface area contributed by atoms with Crippen molar-refractivity contribution in [2.45, 2.75) is 31.2 Å². The molecule has 0 aliphatic heterocycles. The molecule has 104 valence electrons. The van der Waals surface area contributed by atoms with Crippen LogP contribution in [0.3, 0.4) is 0 Å². The zero-order valence-corrected chi connectivity index (χ0v) is 11.6. The van der Waals surface area contributed by atoms with E-state index < -0.39 is 15.9 Å². The summed E-state index contributed by atoms with van der Waals surface area (Å²) in [5.74, 6) is -0.646. The average Bonchev–Trinajstić information content (AvgIpc) is 2.83. The number of nitrogens with one attached hydrogen (secondary N) is 1. The van der Waals surface area contributed by atoms with Crippen LogP contribution in [-0.2, 0) is 10.0 Å². The van der Waals surface area contributed by atoms with E-state index in [1.54, 1.807) is 0 Å². The number of carbonyl (C=O) groups is 1. The number of hydrogen-bond acceptors (Lipinski definition) is 4. The molecule has 0 bridgehead atoms. The molecule has 1 unspecified atom stereocenters. The van der Waals surface area contributed by atoms with Crippen LogP contribution in [-0.4, -0.2) is 20.4 Å². The molecule has 1 amide bonds. The minimum Gasteiger partial charge on any atom is -0.398 e. The monoisotopic (exact) mass is 283 g/mol. The molecule has 0 radical (unpaired) electrons. The van der Waals surface area contributed by atoms with Gasteiger partial charge in [0.25, 0.3) is 0 Å². The van der Waals surface area contributed by atoms with Gasteiger partial charge in [-0.2, -0.15) is 0 Å². The topological polar surface area (TPSA) is 115 Å². The summed E-state index contributed by atoms with van der Waals surface area (Å²) in [6.45, 7) is 3.97. The van der Waals surface area contributed by atoms with Gasteiger partial charge in [-0.05, 0) is 30.0 Å². The maximum Gasteiger partial charge on any atom is 0.248 e. The Morgan fingerprint density at radius 2 is 2.00 bits per heavy atom. The molecule has 1 fully saturated rings. The lowest BCUT2D eigenvalue weighted by Crippen LogP contribution is -2.29. The normalized spacial score (nSPS) is 21.1. The average molecular weight is 283 g/mol. The lowest BCUT2D eigenvalue weighted by atomic mass is 10.2. The van der Waals surface area contributed by atoms with E-state index in [9.17, 15) is 13.2 Å². The van der Waals surface area contributed by atoms with Gasteiger partial charge in [-0.15, -0.1) is 0 Å². The number of rotatable bonds is 4. The maximum atomic E-state index is 12.2. The van der Waals surface area contributed by atoms with Crippen LogP contribution in [0.4, 0.5) is 5.69 Å². The Balaban J connectivity index is 2.28. The molecule has 7 heteroatoms. The fraction of sp³-hybridized carbons (Fsp3) is 0.417. The second-order valence-corrected chi connectivity index (χ2v) is 7.17. The van der Waals surface area contributed by atoms with Crippen LogP contribution in [0.2, 0.25) is 0 Å². The molecule has 0 aromatic heterocycles. The Morgan fingerprint density at radius 1 is 1.42 bits per heavy atom.